The van der Waals surface area contributed by atoms with Gasteiger partial charge in [-0.25, -0.2) is 0 Å². The zero-order valence-electron chi connectivity index (χ0n) is 7.72. The molecule has 0 amide bonds. The van der Waals surface area contributed by atoms with Gasteiger partial charge in [0, 0.05) is 5.92 Å². The maximum absolute atomic E-state index is 5.84. The molecular weight excluding hydrogens is 238 g/mol. The summed E-state index contributed by atoms with van der Waals surface area (Å²) in [7, 11) is 0. The zero-order valence-corrected chi connectivity index (χ0v) is 9.99. The van der Waals surface area contributed by atoms with E-state index in [9.17, 15) is 0 Å². The minimum Gasteiger partial charge on any atom is -0.0834 e. The van der Waals surface area contributed by atoms with Crippen LogP contribution >= 0.6 is 34.8 Å². The predicted octanol–water partition coefficient (Wildman–Crippen LogP) is 4.44. The summed E-state index contributed by atoms with van der Waals surface area (Å²) in [5.41, 5.74) is 1.17. The Hall–Kier alpha value is 0.0900. The molecule has 1 rings (SSSR count). The first-order valence-corrected chi connectivity index (χ1v) is 5.57. The lowest BCUT2D eigenvalue weighted by molar-refractivity contribution is 0.541. The third kappa shape index (κ3) is 3.68. The quantitative estimate of drug-likeness (QED) is 0.696. The van der Waals surface area contributed by atoms with Crippen LogP contribution in [0.1, 0.15) is 12.0 Å². The van der Waals surface area contributed by atoms with E-state index >= 15 is 0 Å². The van der Waals surface area contributed by atoms with Crippen molar-refractivity contribution in [2.24, 2.45) is 5.92 Å². The van der Waals surface area contributed by atoms with E-state index in [4.69, 9.17) is 34.8 Å². The van der Waals surface area contributed by atoms with Crippen LogP contribution in [0.5, 0.6) is 0 Å². The van der Waals surface area contributed by atoms with Crippen LogP contribution in [-0.4, -0.2) is 3.79 Å². The van der Waals surface area contributed by atoms with Crippen molar-refractivity contribution in [2.75, 3.05) is 0 Å². The van der Waals surface area contributed by atoms with Crippen LogP contribution in [0.2, 0.25) is 0 Å². The fourth-order valence-electron chi connectivity index (χ4n) is 1.28. The van der Waals surface area contributed by atoms with Crippen molar-refractivity contribution >= 4 is 34.8 Å². The molecule has 1 unspecified atom stereocenters. The molecule has 14 heavy (non-hydrogen) atoms. The van der Waals surface area contributed by atoms with Crippen molar-refractivity contribution in [3.63, 3.8) is 0 Å². The van der Waals surface area contributed by atoms with E-state index < -0.39 is 3.79 Å². The molecule has 0 saturated carbocycles. The van der Waals surface area contributed by atoms with Crippen LogP contribution in [0.15, 0.2) is 30.3 Å². The third-order valence-corrected chi connectivity index (χ3v) is 3.06. The van der Waals surface area contributed by atoms with Gasteiger partial charge in [0.15, 0.2) is 3.79 Å². The first-order valence-electron chi connectivity index (χ1n) is 4.44. The molecule has 0 heterocycles. The molecule has 77 valence electrons. The van der Waals surface area contributed by atoms with E-state index in [0.29, 0.717) is 6.42 Å². The number of benzene rings is 1. The van der Waals surface area contributed by atoms with Gasteiger partial charge in [-0.05, 0) is 18.4 Å². The van der Waals surface area contributed by atoms with Gasteiger partial charge in [-0.3, -0.25) is 0 Å². The highest BCUT2D eigenvalue weighted by Gasteiger charge is 2.30. The molecule has 0 N–H and O–H groups in total. The number of alkyl halides is 3. The van der Waals surface area contributed by atoms with Gasteiger partial charge in [-0.1, -0.05) is 72.1 Å². The van der Waals surface area contributed by atoms with Crippen molar-refractivity contribution in [1.82, 2.24) is 0 Å². The van der Waals surface area contributed by atoms with Crippen LogP contribution in [-0.2, 0) is 6.42 Å². The van der Waals surface area contributed by atoms with Gasteiger partial charge in [0.1, 0.15) is 0 Å². The van der Waals surface area contributed by atoms with E-state index in [1.54, 1.807) is 0 Å². The molecule has 0 aromatic heterocycles. The van der Waals surface area contributed by atoms with E-state index in [0.717, 1.165) is 6.42 Å². The van der Waals surface area contributed by atoms with Gasteiger partial charge in [0.2, 0.25) is 0 Å². The highest BCUT2D eigenvalue weighted by Crippen LogP contribution is 2.38. The number of halogens is 3. The molecule has 0 fully saturated rings. The molecule has 0 bridgehead atoms. The SMILES string of the molecule is [CH2]CC(Cc1ccccc1)C(Cl)(Cl)Cl. The molecule has 0 aliphatic carbocycles. The topological polar surface area (TPSA) is 0 Å². The predicted molar refractivity (Wildman–Crippen MR) is 63.9 cm³/mol. The molecule has 1 aromatic rings. The standard InChI is InChI=1S/C11H12Cl3/c1-2-10(11(12,13)14)8-9-6-4-3-5-7-9/h3-7,10H,1-2,8H2. The smallest absolute Gasteiger partial charge is 0.0834 e. The highest BCUT2D eigenvalue weighted by molar-refractivity contribution is 6.67. The molecule has 0 spiro atoms. The van der Waals surface area contributed by atoms with E-state index in [1.165, 1.54) is 5.56 Å². The van der Waals surface area contributed by atoms with E-state index in [-0.39, 0.29) is 5.92 Å². The first kappa shape index (κ1) is 12.2. The summed E-state index contributed by atoms with van der Waals surface area (Å²) < 4.78 is -1.22. The van der Waals surface area contributed by atoms with Gasteiger partial charge in [-0.2, -0.15) is 0 Å². The lowest BCUT2D eigenvalue weighted by atomic mass is 9.98. The fourth-order valence-corrected chi connectivity index (χ4v) is 1.84. The lowest BCUT2D eigenvalue weighted by Crippen LogP contribution is -2.20. The molecule has 3 heteroatoms. The Morgan fingerprint density at radius 3 is 2.14 bits per heavy atom. The molecule has 1 radical (unpaired) electrons. The molecule has 0 aliphatic rings. The largest absolute Gasteiger partial charge is 0.193 e. The van der Waals surface area contributed by atoms with Gasteiger partial charge < -0.3 is 0 Å². The second kappa shape index (κ2) is 5.25. The maximum atomic E-state index is 5.84. The Labute approximate surface area is 100 Å². The first-order chi connectivity index (χ1) is 6.54. The van der Waals surface area contributed by atoms with Crippen LogP contribution in [0.3, 0.4) is 0 Å². The molecule has 0 nitrogen and oxygen atoms in total. The van der Waals surface area contributed by atoms with Crippen LogP contribution in [0.25, 0.3) is 0 Å². The number of hydrogen-bond donors (Lipinski definition) is 0. The van der Waals surface area contributed by atoms with Crippen LogP contribution in [0, 0.1) is 12.8 Å². The van der Waals surface area contributed by atoms with E-state index in [1.807, 2.05) is 30.3 Å². The molecule has 0 saturated heterocycles. The maximum Gasteiger partial charge on any atom is 0.193 e. The normalized spacial score (nSPS) is 14.0. The third-order valence-electron chi connectivity index (χ3n) is 2.14. The molecule has 1 atom stereocenters. The van der Waals surface area contributed by atoms with Crippen molar-refractivity contribution in [3.8, 4) is 0 Å². The highest BCUT2D eigenvalue weighted by atomic mass is 35.6. The lowest BCUT2D eigenvalue weighted by Gasteiger charge is -2.22. The van der Waals surface area contributed by atoms with Crippen molar-refractivity contribution in [3.05, 3.63) is 42.8 Å². The van der Waals surface area contributed by atoms with Crippen molar-refractivity contribution < 1.29 is 0 Å². The minimum atomic E-state index is -1.22. The fraction of sp³-hybridized carbons (Fsp3) is 0.364. The van der Waals surface area contributed by atoms with Gasteiger partial charge in [-0.15, -0.1) is 0 Å². The van der Waals surface area contributed by atoms with Crippen molar-refractivity contribution in [1.29, 1.82) is 0 Å². The molecule has 1 aromatic carbocycles. The Bertz CT molecular complexity index is 264. The zero-order chi connectivity index (χ0) is 10.6. The van der Waals surface area contributed by atoms with E-state index in [2.05, 4.69) is 6.92 Å². The second-order valence-corrected chi connectivity index (χ2v) is 5.59. The number of hydrogen-bond acceptors (Lipinski definition) is 0. The summed E-state index contributed by atoms with van der Waals surface area (Å²) in [4.78, 5) is 0. The summed E-state index contributed by atoms with van der Waals surface area (Å²) in [6, 6.07) is 9.98. The van der Waals surface area contributed by atoms with Crippen LogP contribution in [0.4, 0.5) is 0 Å². The second-order valence-electron chi connectivity index (χ2n) is 3.22. The average molecular weight is 251 g/mol. The van der Waals surface area contributed by atoms with Gasteiger partial charge in [0.05, 0.1) is 0 Å². The van der Waals surface area contributed by atoms with Crippen molar-refractivity contribution in [2.45, 2.75) is 16.6 Å². The summed E-state index contributed by atoms with van der Waals surface area (Å²) in [6.45, 7) is 3.80. The summed E-state index contributed by atoms with van der Waals surface area (Å²) in [5.74, 6) is -0.0325. The molecular formula is C11H12Cl3. The van der Waals surface area contributed by atoms with Crippen LogP contribution < -0.4 is 0 Å². The molecule has 0 aliphatic heterocycles. The minimum absolute atomic E-state index is 0.0325. The summed E-state index contributed by atoms with van der Waals surface area (Å²) in [6.07, 6.45) is 1.37. The van der Waals surface area contributed by atoms with Gasteiger partial charge >= 0.3 is 0 Å². The Balaban J connectivity index is 2.67. The Kier molecular flexibility index (Phi) is 4.56. The average Bonchev–Trinajstić information content (AvgIpc) is 2.14. The Morgan fingerprint density at radius 2 is 1.71 bits per heavy atom. The Morgan fingerprint density at radius 1 is 1.14 bits per heavy atom. The summed E-state index contributed by atoms with van der Waals surface area (Å²) in [5, 5.41) is 0. The summed E-state index contributed by atoms with van der Waals surface area (Å²) >= 11 is 17.5. The monoisotopic (exact) mass is 249 g/mol. The van der Waals surface area contributed by atoms with Gasteiger partial charge in [0.25, 0.3) is 0 Å². The number of rotatable bonds is 3.